The molecular formula is C20H23ClN2O4S. The minimum absolute atomic E-state index is 0.0695. The summed E-state index contributed by atoms with van der Waals surface area (Å²) < 4.78 is 33.7. The Morgan fingerprint density at radius 3 is 2.57 bits per heavy atom. The maximum atomic E-state index is 12.8. The molecule has 1 heterocycles. The van der Waals surface area contributed by atoms with E-state index in [1.54, 1.807) is 18.2 Å². The predicted molar refractivity (Wildman–Crippen MR) is 108 cm³/mol. The van der Waals surface area contributed by atoms with Crippen molar-refractivity contribution in [3.05, 3.63) is 64.7 Å². The number of carbonyl (C=O) groups is 1. The molecule has 0 bridgehead atoms. The molecule has 1 fully saturated rings. The molecule has 0 saturated carbocycles. The smallest absolute Gasteiger partial charge is 0.240 e. The summed E-state index contributed by atoms with van der Waals surface area (Å²) in [5.74, 6) is -0.181. The Bertz CT molecular complexity index is 943. The number of carbonyl (C=O) groups excluding carboxylic acids is 1. The van der Waals surface area contributed by atoms with Crippen LogP contribution in [0, 0.1) is 0 Å². The molecule has 0 amide bonds. The van der Waals surface area contributed by atoms with Crippen LogP contribution in [0.3, 0.4) is 0 Å². The number of hydrogen-bond acceptors (Lipinski definition) is 5. The van der Waals surface area contributed by atoms with Gasteiger partial charge in [-0.1, -0.05) is 41.9 Å². The third-order valence-electron chi connectivity index (χ3n) is 4.77. The molecular weight excluding hydrogens is 400 g/mol. The van der Waals surface area contributed by atoms with Gasteiger partial charge in [0, 0.05) is 36.3 Å². The highest BCUT2D eigenvalue weighted by atomic mass is 35.5. The van der Waals surface area contributed by atoms with Crippen molar-refractivity contribution in [2.45, 2.75) is 17.9 Å². The van der Waals surface area contributed by atoms with Gasteiger partial charge in [-0.3, -0.25) is 9.69 Å². The first-order valence-electron chi connectivity index (χ1n) is 9.05. The van der Waals surface area contributed by atoms with Gasteiger partial charge in [-0.25, -0.2) is 13.1 Å². The molecule has 0 spiro atoms. The summed E-state index contributed by atoms with van der Waals surface area (Å²) in [7, 11) is -3.77. The zero-order valence-corrected chi connectivity index (χ0v) is 17.2. The molecule has 0 aromatic heterocycles. The lowest BCUT2D eigenvalue weighted by Crippen LogP contribution is -2.43. The molecule has 1 saturated heterocycles. The molecule has 3 rings (SSSR count). The summed E-state index contributed by atoms with van der Waals surface area (Å²) in [5, 5.41) is 0.594. The van der Waals surface area contributed by atoms with E-state index >= 15 is 0 Å². The molecule has 1 N–H and O–H groups in total. The van der Waals surface area contributed by atoms with Crippen LogP contribution in [0.5, 0.6) is 0 Å². The lowest BCUT2D eigenvalue weighted by atomic mass is 10.0. The number of nitrogens with zero attached hydrogens (tertiary/aromatic N) is 1. The molecule has 1 aliphatic rings. The molecule has 28 heavy (non-hydrogen) atoms. The van der Waals surface area contributed by atoms with E-state index in [4.69, 9.17) is 16.3 Å². The highest BCUT2D eigenvalue weighted by Gasteiger charge is 2.26. The molecule has 0 aliphatic carbocycles. The first-order chi connectivity index (χ1) is 13.4. The quantitative estimate of drug-likeness (QED) is 0.694. The highest BCUT2D eigenvalue weighted by Crippen LogP contribution is 2.28. The maximum absolute atomic E-state index is 12.8. The summed E-state index contributed by atoms with van der Waals surface area (Å²) in [5.41, 5.74) is 1.23. The van der Waals surface area contributed by atoms with Crippen molar-refractivity contribution < 1.29 is 17.9 Å². The van der Waals surface area contributed by atoms with Gasteiger partial charge in [0.1, 0.15) is 0 Å². The first-order valence-corrected chi connectivity index (χ1v) is 10.9. The normalized spacial score (nSPS) is 16.6. The summed E-state index contributed by atoms with van der Waals surface area (Å²) in [4.78, 5) is 13.8. The standard InChI is InChI=1S/C20H23ClN2O4S/c1-15(24)16-5-4-6-17(13-16)28(25,26)22-14-20(23-9-11-27-12-10-23)18-7-2-3-8-19(18)21/h2-8,13,20,22H,9-12,14H2,1H3/t20-/m1/s1. The zero-order chi connectivity index (χ0) is 20.1. The third kappa shape index (κ3) is 4.98. The van der Waals surface area contributed by atoms with E-state index in [-0.39, 0.29) is 23.3 Å². The minimum Gasteiger partial charge on any atom is -0.379 e. The molecule has 0 radical (unpaired) electrons. The summed E-state index contributed by atoms with van der Waals surface area (Å²) in [6, 6.07) is 13.3. The van der Waals surface area contributed by atoms with Gasteiger partial charge in [0.05, 0.1) is 18.1 Å². The van der Waals surface area contributed by atoms with Gasteiger partial charge in [0.25, 0.3) is 0 Å². The molecule has 1 aliphatic heterocycles. The first kappa shape index (κ1) is 21.0. The van der Waals surface area contributed by atoms with Gasteiger partial charge < -0.3 is 4.74 Å². The van der Waals surface area contributed by atoms with Crippen LogP contribution in [0.15, 0.2) is 53.4 Å². The number of nitrogens with one attached hydrogen (secondary N) is 1. The Labute approximate surface area is 170 Å². The minimum atomic E-state index is -3.77. The van der Waals surface area contributed by atoms with Crippen LogP contribution in [0.1, 0.15) is 28.9 Å². The fourth-order valence-corrected chi connectivity index (χ4v) is 4.57. The van der Waals surface area contributed by atoms with E-state index < -0.39 is 10.0 Å². The van der Waals surface area contributed by atoms with Crippen molar-refractivity contribution >= 4 is 27.4 Å². The van der Waals surface area contributed by atoms with Crippen LogP contribution < -0.4 is 4.72 Å². The second-order valence-corrected chi connectivity index (χ2v) is 8.80. The van der Waals surface area contributed by atoms with Gasteiger partial charge in [0.15, 0.2) is 5.78 Å². The van der Waals surface area contributed by atoms with Crippen molar-refractivity contribution in [1.29, 1.82) is 0 Å². The van der Waals surface area contributed by atoms with Crippen molar-refractivity contribution in [3.63, 3.8) is 0 Å². The van der Waals surface area contributed by atoms with E-state index in [0.29, 0.717) is 36.9 Å². The molecule has 6 nitrogen and oxygen atoms in total. The van der Waals surface area contributed by atoms with Crippen molar-refractivity contribution in [3.8, 4) is 0 Å². The van der Waals surface area contributed by atoms with E-state index in [1.165, 1.54) is 19.1 Å². The second kappa shape index (κ2) is 9.15. The number of rotatable bonds is 7. The van der Waals surface area contributed by atoms with Crippen molar-refractivity contribution in [1.82, 2.24) is 9.62 Å². The van der Waals surface area contributed by atoms with Gasteiger partial charge >= 0.3 is 0 Å². The van der Waals surface area contributed by atoms with Crippen LogP contribution >= 0.6 is 11.6 Å². The Morgan fingerprint density at radius 2 is 1.89 bits per heavy atom. The van der Waals surface area contributed by atoms with Gasteiger partial charge in [-0.05, 0) is 30.7 Å². The van der Waals surface area contributed by atoms with Crippen LogP contribution in [-0.4, -0.2) is 51.9 Å². The fraction of sp³-hybridized carbons (Fsp3) is 0.350. The Morgan fingerprint density at radius 1 is 1.18 bits per heavy atom. The number of halogens is 1. The van der Waals surface area contributed by atoms with E-state index in [0.717, 1.165) is 5.56 Å². The number of benzene rings is 2. The van der Waals surface area contributed by atoms with Gasteiger partial charge in [0.2, 0.25) is 10.0 Å². The summed E-state index contributed by atoms with van der Waals surface area (Å²) in [6.07, 6.45) is 0. The molecule has 0 unspecified atom stereocenters. The number of hydrogen-bond donors (Lipinski definition) is 1. The molecule has 1 atom stereocenters. The van der Waals surface area contributed by atoms with Crippen LogP contribution in [0.25, 0.3) is 0 Å². The SMILES string of the molecule is CC(=O)c1cccc(S(=O)(=O)NC[C@H](c2ccccc2Cl)N2CCOCC2)c1. The Kier molecular flexibility index (Phi) is 6.85. The zero-order valence-electron chi connectivity index (χ0n) is 15.6. The van der Waals surface area contributed by atoms with Crippen molar-refractivity contribution in [2.24, 2.45) is 0 Å². The van der Waals surface area contributed by atoms with Gasteiger partial charge in [-0.15, -0.1) is 0 Å². The average molecular weight is 423 g/mol. The highest BCUT2D eigenvalue weighted by molar-refractivity contribution is 7.89. The second-order valence-electron chi connectivity index (χ2n) is 6.62. The fourth-order valence-electron chi connectivity index (χ4n) is 3.22. The largest absolute Gasteiger partial charge is 0.379 e. The number of sulfonamides is 1. The van der Waals surface area contributed by atoms with Gasteiger partial charge in [-0.2, -0.15) is 0 Å². The predicted octanol–water partition coefficient (Wildman–Crippen LogP) is 2.89. The van der Waals surface area contributed by atoms with E-state index in [1.807, 2.05) is 18.2 Å². The monoisotopic (exact) mass is 422 g/mol. The third-order valence-corrected chi connectivity index (χ3v) is 6.53. The van der Waals surface area contributed by atoms with Crippen molar-refractivity contribution in [2.75, 3.05) is 32.8 Å². The number of ether oxygens (including phenoxy) is 1. The van der Waals surface area contributed by atoms with Crippen LogP contribution in [-0.2, 0) is 14.8 Å². The van der Waals surface area contributed by atoms with E-state index in [2.05, 4.69) is 9.62 Å². The Hall–Kier alpha value is -1.77. The lowest BCUT2D eigenvalue weighted by Gasteiger charge is -2.35. The summed E-state index contributed by atoms with van der Waals surface area (Å²) >= 11 is 6.39. The average Bonchev–Trinajstić information content (AvgIpc) is 2.70. The van der Waals surface area contributed by atoms with E-state index in [9.17, 15) is 13.2 Å². The molecule has 2 aromatic rings. The maximum Gasteiger partial charge on any atom is 0.240 e. The number of ketones is 1. The van der Waals surface area contributed by atoms with Crippen LogP contribution in [0.2, 0.25) is 5.02 Å². The molecule has 150 valence electrons. The number of Topliss-reactive ketones (excluding diaryl/α,β-unsaturated/α-hetero) is 1. The lowest BCUT2D eigenvalue weighted by molar-refractivity contribution is 0.0172. The molecule has 2 aromatic carbocycles. The molecule has 8 heteroatoms. The topological polar surface area (TPSA) is 75.7 Å². The Balaban J connectivity index is 1.84. The van der Waals surface area contributed by atoms with Crippen LogP contribution in [0.4, 0.5) is 0 Å². The number of morpholine rings is 1. The summed E-state index contributed by atoms with van der Waals surface area (Å²) in [6.45, 7) is 4.14.